The average molecular weight is 421 g/mol. The summed E-state index contributed by atoms with van der Waals surface area (Å²) in [5.74, 6) is -0.435. The number of nitrogens with zero attached hydrogens (tertiary/aromatic N) is 3. The third-order valence-electron chi connectivity index (χ3n) is 5.28. The number of carbonyl (C=O) groups excluding carboxylic acids is 1. The molecule has 0 spiro atoms. The molecule has 30 heavy (non-hydrogen) atoms. The second-order valence-corrected chi connectivity index (χ2v) is 8.23. The zero-order valence-electron chi connectivity index (χ0n) is 16.3. The number of anilines is 1. The monoisotopic (exact) mass is 420 g/mol. The van der Waals surface area contributed by atoms with Gasteiger partial charge in [0.25, 0.3) is 5.91 Å². The summed E-state index contributed by atoms with van der Waals surface area (Å²) < 4.78 is 13.8. The molecule has 0 radical (unpaired) electrons. The number of hydrogen-bond acceptors (Lipinski definition) is 5. The van der Waals surface area contributed by atoms with Gasteiger partial charge in [0.1, 0.15) is 11.5 Å². The summed E-state index contributed by atoms with van der Waals surface area (Å²) in [5.41, 5.74) is 2.71. The SMILES string of the molecule is N#Cc1ccc(N2CCC(NC(=O)c3csc(Cc4ccccc4F)n3)CC2)cc1. The fourth-order valence-electron chi connectivity index (χ4n) is 3.59. The Balaban J connectivity index is 1.30. The number of benzene rings is 2. The minimum absolute atomic E-state index is 0.101. The van der Waals surface area contributed by atoms with Gasteiger partial charge in [-0.2, -0.15) is 5.26 Å². The lowest BCUT2D eigenvalue weighted by molar-refractivity contribution is 0.0926. The van der Waals surface area contributed by atoms with Gasteiger partial charge in [-0.1, -0.05) is 18.2 Å². The van der Waals surface area contributed by atoms with Crippen molar-refractivity contribution >= 4 is 22.9 Å². The van der Waals surface area contributed by atoms with Crippen LogP contribution in [0.3, 0.4) is 0 Å². The highest BCUT2D eigenvalue weighted by Gasteiger charge is 2.22. The first-order chi connectivity index (χ1) is 14.6. The molecule has 1 N–H and O–H groups in total. The van der Waals surface area contributed by atoms with Crippen molar-refractivity contribution in [2.24, 2.45) is 0 Å². The van der Waals surface area contributed by atoms with E-state index in [1.807, 2.05) is 24.3 Å². The molecule has 0 atom stereocenters. The minimum Gasteiger partial charge on any atom is -0.371 e. The lowest BCUT2D eigenvalue weighted by atomic mass is 10.0. The smallest absolute Gasteiger partial charge is 0.270 e. The summed E-state index contributed by atoms with van der Waals surface area (Å²) in [4.78, 5) is 19.2. The lowest BCUT2D eigenvalue weighted by Gasteiger charge is -2.33. The molecule has 5 nitrogen and oxygen atoms in total. The van der Waals surface area contributed by atoms with Crippen LogP contribution >= 0.6 is 11.3 Å². The summed E-state index contributed by atoms with van der Waals surface area (Å²) in [6.07, 6.45) is 2.07. The van der Waals surface area contributed by atoms with Crippen molar-refractivity contribution < 1.29 is 9.18 Å². The van der Waals surface area contributed by atoms with E-state index in [2.05, 4.69) is 21.3 Å². The molecule has 0 saturated carbocycles. The Morgan fingerprint density at radius 2 is 1.93 bits per heavy atom. The molecular weight excluding hydrogens is 399 g/mol. The number of aromatic nitrogens is 1. The maximum atomic E-state index is 13.8. The Morgan fingerprint density at radius 3 is 2.63 bits per heavy atom. The van der Waals surface area contributed by atoms with Gasteiger partial charge >= 0.3 is 0 Å². The van der Waals surface area contributed by atoms with E-state index in [4.69, 9.17) is 5.26 Å². The van der Waals surface area contributed by atoms with Crippen molar-refractivity contribution in [1.29, 1.82) is 5.26 Å². The molecule has 1 aromatic heterocycles. The third kappa shape index (κ3) is 4.66. The van der Waals surface area contributed by atoms with Crippen LogP contribution in [-0.2, 0) is 6.42 Å². The number of amides is 1. The van der Waals surface area contributed by atoms with Crippen LogP contribution in [0.15, 0.2) is 53.9 Å². The first-order valence-corrected chi connectivity index (χ1v) is 10.7. The number of carbonyl (C=O) groups is 1. The number of rotatable bonds is 5. The number of nitrogens with one attached hydrogen (secondary N) is 1. The van der Waals surface area contributed by atoms with Crippen LogP contribution in [-0.4, -0.2) is 30.0 Å². The predicted molar refractivity (Wildman–Crippen MR) is 115 cm³/mol. The van der Waals surface area contributed by atoms with Crippen molar-refractivity contribution in [3.8, 4) is 6.07 Å². The molecule has 1 amide bonds. The Hall–Kier alpha value is -3.24. The number of thiazole rings is 1. The van der Waals surface area contributed by atoms with Crippen LogP contribution in [0, 0.1) is 17.1 Å². The van der Waals surface area contributed by atoms with Gasteiger partial charge < -0.3 is 10.2 Å². The maximum Gasteiger partial charge on any atom is 0.270 e. The molecule has 0 aliphatic carbocycles. The molecule has 152 valence electrons. The first-order valence-electron chi connectivity index (χ1n) is 9.86. The highest BCUT2D eigenvalue weighted by atomic mass is 32.1. The van der Waals surface area contributed by atoms with Gasteiger partial charge in [-0.05, 0) is 48.7 Å². The molecule has 4 rings (SSSR count). The van der Waals surface area contributed by atoms with Crippen molar-refractivity contribution in [2.75, 3.05) is 18.0 Å². The van der Waals surface area contributed by atoms with Crippen LogP contribution < -0.4 is 10.2 Å². The van der Waals surface area contributed by atoms with Gasteiger partial charge in [0.15, 0.2) is 0 Å². The van der Waals surface area contributed by atoms with Crippen molar-refractivity contribution in [2.45, 2.75) is 25.3 Å². The summed E-state index contributed by atoms with van der Waals surface area (Å²) >= 11 is 1.37. The summed E-state index contributed by atoms with van der Waals surface area (Å²) in [5, 5.41) is 14.4. The number of piperidine rings is 1. The van der Waals surface area contributed by atoms with Gasteiger partial charge in [-0.25, -0.2) is 9.37 Å². The van der Waals surface area contributed by atoms with Crippen LogP contribution in [0.1, 0.15) is 39.5 Å². The van der Waals surface area contributed by atoms with E-state index in [1.165, 1.54) is 17.4 Å². The van der Waals surface area contributed by atoms with E-state index >= 15 is 0 Å². The van der Waals surface area contributed by atoms with Crippen molar-refractivity contribution in [3.63, 3.8) is 0 Å². The molecule has 2 heterocycles. The van der Waals surface area contributed by atoms with Gasteiger partial charge in [0.2, 0.25) is 0 Å². The minimum atomic E-state index is -0.257. The fraction of sp³-hybridized carbons (Fsp3) is 0.261. The van der Waals surface area contributed by atoms with Gasteiger partial charge in [0, 0.05) is 36.6 Å². The van der Waals surface area contributed by atoms with E-state index in [0.29, 0.717) is 23.2 Å². The molecule has 3 aromatic rings. The molecule has 1 aliphatic heterocycles. The van der Waals surface area contributed by atoms with E-state index < -0.39 is 0 Å². The zero-order valence-corrected chi connectivity index (χ0v) is 17.2. The molecule has 1 aliphatic rings. The standard InChI is InChI=1S/C23H21FN4OS/c24-20-4-2-1-3-17(20)13-22-27-21(15-30-22)23(29)26-18-9-11-28(12-10-18)19-7-5-16(14-25)6-8-19/h1-8,15,18H,9-13H2,(H,26,29). The number of hydrogen-bond donors (Lipinski definition) is 1. The van der Waals surface area contributed by atoms with Crippen LogP contribution in [0.4, 0.5) is 10.1 Å². The van der Waals surface area contributed by atoms with E-state index in [9.17, 15) is 9.18 Å². The lowest BCUT2D eigenvalue weighted by Crippen LogP contribution is -2.44. The fourth-order valence-corrected chi connectivity index (χ4v) is 4.39. The van der Waals surface area contributed by atoms with E-state index in [-0.39, 0.29) is 17.8 Å². The second kappa shape index (κ2) is 9.06. The quantitative estimate of drug-likeness (QED) is 0.673. The van der Waals surface area contributed by atoms with Crippen LogP contribution in [0.2, 0.25) is 0 Å². The highest BCUT2D eigenvalue weighted by Crippen LogP contribution is 2.21. The molecule has 1 saturated heterocycles. The molecule has 0 unspecified atom stereocenters. The van der Waals surface area contributed by atoms with Crippen molar-refractivity contribution in [1.82, 2.24) is 10.3 Å². The van der Waals surface area contributed by atoms with Gasteiger partial charge in [-0.15, -0.1) is 11.3 Å². The first kappa shape index (κ1) is 20.0. The van der Waals surface area contributed by atoms with Crippen LogP contribution in [0.25, 0.3) is 0 Å². The number of halogens is 1. The third-order valence-corrected chi connectivity index (χ3v) is 6.12. The largest absolute Gasteiger partial charge is 0.371 e. The summed E-state index contributed by atoms with van der Waals surface area (Å²) in [6.45, 7) is 1.68. The highest BCUT2D eigenvalue weighted by molar-refractivity contribution is 7.09. The van der Waals surface area contributed by atoms with Gasteiger partial charge in [-0.3, -0.25) is 4.79 Å². The van der Waals surface area contributed by atoms with E-state index in [0.717, 1.165) is 36.6 Å². The van der Waals surface area contributed by atoms with Gasteiger partial charge in [0.05, 0.1) is 16.6 Å². The molecule has 2 aromatic carbocycles. The van der Waals surface area contributed by atoms with Crippen molar-refractivity contribution in [3.05, 3.63) is 81.6 Å². The zero-order chi connectivity index (χ0) is 20.9. The molecule has 7 heteroatoms. The summed E-state index contributed by atoms with van der Waals surface area (Å²) in [6, 6.07) is 16.4. The van der Waals surface area contributed by atoms with Crippen LogP contribution in [0.5, 0.6) is 0 Å². The molecule has 1 fully saturated rings. The second-order valence-electron chi connectivity index (χ2n) is 7.29. The van der Waals surface area contributed by atoms with E-state index in [1.54, 1.807) is 23.6 Å². The average Bonchev–Trinajstić information content (AvgIpc) is 3.25. The predicted octanol–water partition coefficient (Wildman–Crippen LogP) is 4.14. The molecule has 0 bridgehead atoms. The topological polar surface area (TPSA) is 69.0 Å². The Bertz CT molecular complexity index is 1070. The Labute approximate surface area is 178 Å². The Morgan fingerprint density at radius 1 is 1.20 bits per heavy atom. The Kier molecular flexibility index (Phi) is 6.05. The molecular formula is C23H21FN4OS. The normalized spacial score (nSPS) is 14.3. The maximum absolute atomic E-state index is 13.8. The summed E-state index contributed by atoms with van der Waals surface area (Å²) in [7, 11) is 0. The number of nitriles is 1.